The Morgan fingerprint density at radius 1 is 0.258 bits per heavy atom. The van der Waals surface area contributed by atoms with Crippen LogP contribution in [-0.2, 0) is 51.4 Å². The van der Waals surface area contributed by atoms with Crippen molar-refractivity contribution in [3.05, 3.63) is 191 Å². The highest BCUT2D eigenvalue weighted by Gasteiger charge is 2.32. The summed E-state index contributed by atoms with van der Waals surface area (Å²) in [6.45, 7) is 0. The molecule has 9 aromatic rings. The van der Waals surface area contributed by atoms with Crippen LogP contribution >= 0.6 is 0 Å². The Bertz CT molecular complexity index is 3090. The average molecular weight is 797 g/mol. The minimum absolute atomic E-state index is 0.939. The summed E-state index contributed by atoms with van der Waals surface area (Å²) in [5, 5.41) is 0. The van der Waals surface area contributed by atoms with Gasteiger partial charge in [0.1, 0.15) is 0 Å². The van der Waals surface area contributed by atoms with Gasteiger partial charge in [-0.3, -0.25) is 19.9 Å². The van der Waals surface area contributed by atoms with Crippen LogP contribution in [0.1, 0.15) is 44.5 Å². The van der Waals surface area contributed by atoms with Gasteiger partial charge in [0.25, 0.3) is 0 Å². The molecule has 62 heavy (non-hydrogen) atoms. The lowest BCUT2D eigenvalue weighted by atomic mass is 9.79. The smallest absolute Gasteiger partial charge is 0.0935 e. The van der Waals surface area contributed by atoms with E-state index in [1.807, 2.05) is 36.9 Å². The van der Waals surface area contributed by atoms with Crippen molar-refractivity contribution in [3.63, 3.8) is 0 Å². The first-order chi connectivity index (χ1) is 30.7. The van der Waals surface area contributed by atoms with Gasteiger partial charge >= 0.3 is 0 Å². The first-order valence-electron chi connectivity index (χ1n) is 21.9. The third kappa shape index (κ3) is 5.56. The molecule has 6 heterocycles. The quantitative estimate of drug-likeness (QED) is 0.176. The Hall–Kier alpha value is -7.44. The van der Waals surface area contributed by atoms with Crippen molar-refractivity contribution in [3.8, 4) is 90.1 Å². The minimum Gasteiger partial charge on any atom is -0.256 e. The van der Waals surface area contributed by atoms with Crippen molar-refractivity contribution in [1.82, 2.24) is 29.9 Å². The molecule has 0 bridgehead atoms. The molecule has 0 saturated heterocycles. The van der Waals surface area contributed by atoms with Crippen LogP contribution < -0.4 is 0 Å². The van der Waals surface area contributed by atoms with E-state index in [4.69, 9.17) is 29.9 Å². The van der Waals surface area contributed by atoms with Gasteiger partial charge in [0.05, 0.1) is 45.6 Å². The first kappa shape index (κ1) is 35.3. The van der Waals surface area contributed by atoms with E-state index in [1.165, 1.54) is 66.8 Å². The van der Waals surface area contributed by atoms with Gasteiger partial charge in [-0.25, -0.2) is 9.97 Å². The summed E-state index contributed by atoms with van der Waals surface area (Å²) in [6, 6.07) is 43.9. The van der Waals surface area contributed by atoms with Crippen LogP contribution in [0.15, 0.2) is 146 Å². The van der Waals surface area contributed by atoms with Gasteiger partial charge in [0, 0.05) is 47.0 Å². The summed E-state index contributed by atoms with van der Waals surface area (Å²) in [4.78, 5) is 30.7. The number of aromatic nitrogens is 6. The van der Waals surface area contributed by atoms with Gasteiger partial charge in [-0.1, -0.05) is 84.9 Å². The lowest BCUT2D eigenvalue weighted by molar-refractivity contribution is 0.875. The number of aryl methyl sites for hydroxylation is 4. The van der Waals surface area contributed by atoms with Crippen molar-refractivity contribution in [2.24, 2.45) is 0 Å². The van der Waals surface area contributed by atoms with Gasteiger partial charge < -0.3 is 0 Å². The monoisotopic (exact) mass is 796 g/mol. The Morgan fingerprint density at radius 3 is 1.00 bits per heavy atom. The van der Waals surface area contributed by atoms with Gasteiger partial charge in [-0.15, -0.1) is 0 Å². The predicted molar refractivity (Wildman–Crippen MR) is 246 cm³/mol. The van der Waals surface area contributed by atoms with Crippen molar-refractivity contribution in [2.75, 3.05) is 0 Å². The van der Waals surface area contributed by atoms with E-state index in [0.29, 0.717) is 0 Å². The van der Waals surface area contributed by atoms with Gasteiger partial charge in [-0.2, -0.15) is 0 Å². The maximum absolute atomic E-state index is 5.50. The molecule has 0 spiro atoms. The van der Waals surface area contributed by atoms with Crippen LogP contribution in [0, 0.1) is 0 Å². The molecule has 0 amide bonds. The predicted octanol–water partition coefficient (Wildman–Crippen LogP) is 11.8. The number of hydrogen-bond donors (Lipinski definition) is 0. The molecular formula is C56H40N6. The van der Waals surface area contributed by atoms with E-state index in [2.05, 4.69) is 109 Å². The van der Waals surface area contributed by atoms with Gasteiger partial charge in [0.2, 0.25) is 0 Å². The van der Waals surface area contributed by atoms with Crippen molar-refractivity contribution < 1.29 is 0 Å². The molecule has 13 rings (SSSR count). The highest BCUT2D eigenvalue weighted by molar-refractivity contribution is 5.89. The molecule has 0 atom stereocenters. The van der Waals surface area contributed by atoms with Gasteiger partial charge in [-0.05, 0) is 155 Å². The third-order valence-corrected chi connectivity index (χ3v) is 13.7. The van der Waals surface area contributed by atoms with E-state index in [9.17, 15) is 0 Å². The van der Waals surface area contributed by atoms with E-state index in [-0.39, 0.29) is 0 Å². The molecule has 0 N–H and O–H groups in total. The lowest BCUT2D eigenvalue weighted by Gasteiger charge is -2.28. The van der Waals surface area contributed by atoms with Gasteiger partial charge in [0.15, 0.2) is 0 Å². The molecule has 6 heteroatoms. The molecular weight excluding hydrogens is 757 g/mol. The second-order valence-electron chi connectivity index (χ2n) is 17.1. The Morgan fingerprint density at radius 2 is 0.597 bits per heavy atom. The molecule has 6 nitrogen and oxygen atoms in total. The summed E-state index contributed by atoms with van der Waals surface area (Å²) >= 11 is 0. The zero-order valence-electron chi connectivity index (χ0n) is 34.2. The van der Waals surface area contributed by atoms with Crippen LogP contribution in [0.4, 0.5) is 0 Å². The summed E-state index contributed by atoms with van der Waals surface area (Å²) in [7, 11) is 0. The van der Waals surface area contributed by atoms with E-state index >= 15 is 0 Å². The third-order valence-electron chi connectivity index (χ3n) is 13.7. The van der Waals surface area contributed by atoms with Crippen LogP contribution in [0.2, 0.25) is 0 Å². The number of benzene rings is 3. The maximum Gasteiger partial charge on any atom is 0.0935 e. The molecule has 0 unspecified atom stereocenters. The fourth-order valence-electron chi connectivity index (χ4n) is 10.8. The molecule has 294 valence electrons. The number of rotatable bonds is 4. The van der Waals surface area contributed by atoms with Crippen LogP contribution in [0.5, 0.6) is 0 Å². The van der Waals surface area contributed by atoms with Crippen LogP contribution in [-0.4, -0.2) is 29.9 Å². The number of fused-ring (bicyclic) bond motifs is 14. The molecule has 0 fully saturated rings. The molecule has 6 aromatic heterocycles. The summed E-state index contributed by atoms with van der Waals surface area (Å²) in [5.74, 6) is 0. The normalized spacial score (nSPS) is 13.9. The Kier molecular flexibility index (Phi) is 8.02. The maximum atomic E-state index is 5.50. The molecule has 4 aliphatic carbocycles. The summed E-state index contributed by atoms with van der Waals surface area (Å²) in [5.41, 5.74) is 28.1. The number of nitrogens with zero attached hydrogens (tertiary/aromatic N) is 6. The zero-order chi connectivity index (χ0) is 40.7. The lowest BCUT2D eigenvalue weighted by Crippen LogP contribution is -2.16. The number of hydrogen-bond acceptors (Lipinski definition) is 6. The second kappa shape index (κ2) is 14.1. The van der Waals surface area contributed by atoms with E-state index < -0.39 is 0 Å². The Balaban J connectivity index is 0.880. The summed E-state index contributed by atoms with van der Waals surface area (Å²) in [6.07, 6.45) is 15.3. The zero-order valence-corrected chi connectivity index (χ0v) is 34.2. The van der Waals surface area contributed by atoms with E-state index in [0.717, 1.165) is 119 Å². The molecule has 4 aliphatic rings. The van der Waals surface area contributed by atoms with Crippen LogP contribution in [0.3, 0.4) is 0 Å². The highest BCUT2D eigenvalue weighted by atomic mass is 14.8. The minimum atomic E-state index is 0.939. The van der Waals surface area contributed by atoms with Crippen LogP contribution in [0.25, 0.3) is 90.1 Å². The van der Waals surface area contributed by atoms with Crippen molar-refractivity contribution >= 4 is 0 Å². The fraction of sp³-hybridized carbons (Fsp3) is 0.143. The van der Waals surface area contributed by atoms with Crippen molar-refractivity contribution in [2.45, 2.75) is 51.4 Å². The largest absolute Gasteiger partial charge is 0.256 e. The van der Waals surface area contributed by atoms with E-state index in [1.54, 1.807) is 0 Å². The SMILES string of the molecule is c1cc(-c2ccc(-c3cccc(-c4nc5c(c6c4CCc4cccnc4-6)CCc4cccnc4-5)c3)cc2)cc(-c2nc3c(c4c2CCc2cccnc2-4)CCc2cccnc2-3)c1. The molecule has 0 aliphatic heterocycles. The average Bonchev–Trinajstić information content (AvgIpc) is 3.35. The second-order valence-corrected chi connectivity index (χ2v) is 17.1. The van der Waals surface area contributed by atoms with Crippen molar-refractivity contribution in [1.29, 1.82) is 0 Å². The molecule has 0 saturated carbocycles. The molecule has 3 aromatic carbocycles. The highest BCUT2D eigenvalue weighted by Crippen LogP contribution is 2.47. The first-order valence-corrected chi connectivity index (χ1v) is 21.9. The Labute approximate surface area is 360 Å². The molecule has 0 radical (unpaired) electrons. The topological polar surface area (TPSA) is 77.3 Å². The summed E-state index contributed by atoms with van der Waals surface area (Å²) < 4.78 is 0. The number of pyridine rings is 6. The standard InChI is InChI=1S/C56H40N6/c1-7-39(31-41(9-1)49-43-23-19-35-11-3-27-57-51(35)47(43)45-25-21-37-13-5-29-59-53(37)55(45)61-49)33-15-17-34(18-16-33)40-8-2-10-42(32-40)50-44-24-20-36-12-4-28-58-52(36)48(44)46-26-22-38-14-6-30-60-54(38)56(46)62-50/h1-18,27-32H,19-26H2. The fourth-order valence-corrected chi connectivity index (χ4v) is 10.8.